The van der Waals surface area contributed by atoms with Gasteiger partial charge in [-0.15, -0.1) is 0 Å². The molecule has 3 N–H and O–H groups in total. The molecule has 0 amide bonds. The third kappa shape index (κ3) is 72.4. The number of esters is 4. The zero-order valence-corrected chi connectivity index (χ0v) is 66.0. The van der Waals surface area contributed by atoms with Gasteiger partial charge in [-0.2, -0.15) is 0 Å². The second kappa shape index (κ2) is 69.4. The minimum absolute atomic E-state index is 0.106. The lowest BCUT2D eigenvalue weighted by Crippen LogP contribution is -2.30. The monoisotopic (exact) mass is 1440 g/mol. The van der Waals surface area contributed by atoms with Crippen LogP contribution in [-0.4, -0.2) is 96.7 Å². The van der Waals surface area contributed by atoms with Gasteiger partial charge in [0.2, 0.25) is 0 Å². The molecule has 19 heteroatoms. The van der Waals surface area contributed by atoms with Crippen LogP contribution < -0.4 is 0 Å². The lowest BCUT2D eigenvalue weighted by Gasteiger charge is -2.21. The third-order valence-electron chi connectivity index (χ3n) is 18.4. The third-order valence-corrected chi connectivity index (χ3v) is 20.3. The van der Waals surface area contributed by atoms with E-state index in [0.29, 0.717) is 25.7 Å². The number of phosphoric ester groups is 2. The fraction of sp³-hybridized carbons (Fsp3) is 0.949. The van der Waals surface area contributed by atoms with E-state index in [9.17, 15) is 43.2 Å². The van der Waals surface area contributed by atoms with Crippen molar-refractivity contribution in [3.05, 3.63) is 0 Å². The van der Waals surface area contributed by atoms with E-state index >= 15 is 0 Å². The predicted molar refractivity (Wildman–Crippen MR) is 400 cm³/mol. The summed E-state index contributed by atoms with van der Waals surface area (Å²) in [4.78, 5) is 73.0. The van der Waals surface area contributed by atoms with Gasteiger partial charge in [-0.25, -0.2) is 9.13 Å². The van der Waals surface area contributed by atoms with E-state index in [1.54, 1.807) is 0 Å². The fourth-order valence-corrected chi connectivity index (χ4v) is 13.7. The molecule has 0 rings (SSSR count). The van der Waals surface area contributed by atoms with Gasteiger partial charge in [-0.3, -0.25) is 37.3 Å². The largest absolute Gasteiger partial charge is 0.472 e. The number of phosphoric acid groups is 2. The Hall–Kier alpha value is -1.94. The van der Waals surface area contributed by atoms with Crippen molar-refractivity contribution in [3.63, 3.8) is 0 Å². The topological polar surface area (TPSA) is 237 Å². The number of aliphatic hydroxyl groups excluding tert-OH is 1. The van der Waals surface area contributed by atoms with Crippen molar-refractivity contribution in [2.45, 2.75) is 426 Å². The Bertz CT molecular complexity index is 1900. The molecule has 0 aliphatic carbocycles. The molecule has 0 aliphatic rings. The molecular formula is C79H154O17P2. The Morgan fingerprint density at radius 1 is 0.276 bits per heavy atom. The molecule has 98 heavy (non-hydrogen) atoms. The zero-order valence-electron chi connectivity index (χ0n) is 64.3. The van der Waals surface area contributed by atoms with Crippen molar-refractivity contribution in [2.75, 3.05) is 39.6 Å². The van der Waals surface area contributed by atoms with Crippen LogP contribution in [0.5, 0.6) is 0 Å². The summed E-state index contributed by atoms with van der Waals surface area (Å²) >= 11 is 0. The first-order valence-corrected chi connectivity index (χ1v) is 43.8. The molecule has 582 valence electrons. The van der Waals surface area contributed by atoms with Crippen LogP contribution in [0.1, 0.15) is 408 Å². The minimum Gasteiger partial charge on any atom is -0.462 e. The van der Waals surface area contributed by atoms with Crippen molar-refractivity contribution >= 4 is 39.5 Å². The van der Waals surface area contributed by atoms with Crippen LogP contribution in [-0.2, 0) is 65.4 Å². The van der Waals surface area contributed by atoms with E-state index in [-0.39, 0.29) is 25.7 Å². The van der Waals surface area contributed by atoms with E-state index < -0.39 is 97.5 Å². The molecule has 0 saturated heterocycles. The SMILES string of the molecule is CCCCCCCCCCCCCCCCCCCCC(=O)O[C@H](COC(=O)CCCCCCCCCCCCCC(C)C)COP(=O)(O)OC[C@@H](O)COP(=O)(O)OC[C@@H](COC(=O)CCCCCCCCCCCC(C)C)OC(=O)CCCCCCCCCCCCCC(C)C. The molecule has 0 aromatic rings. The van der Waals surface area contributed by atoms with Crippen molar-refractivity contribution < 1.29 is 80.2 Å². The summed E-state index contributed by atoms with van der Waals surface area (Å²) in [7, 11) is -9.92. The highest BCUT2D eigenvalue weighted by atomic mass is 31.2. The second-order valence-corrected chi connectivity index (χ2v) is 32.8. The molecule has 2 unspecified atom stereocenters. The average Bonchev–Trinajstić information content (AvgIpc) is 1.12. The Labute approximate surface area is 600 Å². The minimum atomic E-state index is -4.96. The lowest BCUT2D eigenvalue weighted by atomic mass is 10.0. The smallest absolute Gasteiger partial charge is 0.462 e. The highest BCUT2D eigenvalue weighted by Gasteiger charge is 2.30. The van der Waals surface area contributed by atoms with Crippen LogP contribution in [0.3, 0.4) is 0 Å². The Morgan fingerprint density at radius 2 is 0.469 bits per heavy atom. The molecule has 0 fully saturated rings. The lowest BCUT2D eigenvalue weighted by molar-refractivity contribution is -0.161. The van der Waals surface area contributed by atoms with Gasteiger partial charge in [0, 0.05) is 25.7 Å². The fourth-order valence-electron chi connectivity index (χ4n) is 12.1. The zero-order chi connectivity index (χ0) is 72.3. The molecule has 0 saturated carbocycles. The summed E-state index contributed by atoms with van der Waals surface area (Å²) in [6.07, 6.45) is 56.8. The van der Waals surface area contributed by atoms with Gasteiger partial charge in [0.05, 0.1) is 26.4 Å². The maximum absolute atomic E-state index is 13.1. The van der Waals surface area contributed by atoms with Gasteiger partial charge < -0.3 is 33.8 Å². The molecule has 0 aliphatic heterocycles. The van der Waals surface area contributed by atoms with Gasteiger partial charge in [0.15, 0.2) is 12.2 Å². The number of hydrogen-bond acceptors (Lipinski definition) is 15. The standard InChI is InChI=1S/C79H154O17P2/c1-8-9-10-11-12-13-14-15-16-17-18-19-20-25-33-41-48-55-62-78(83)95-74(66-89-76(81)60-53-46-39-32-26-21-23-29-36-43-50-57-70(2)3)68-93-97(85,86)91-64-73(80)65-92-98(87,88)94-69-75(67-90-77(82)61-54-47-40-35-28-31-38-45-52-59-72(6)7)96-79(84)63-56-49-42-34-27-22-24-30-37-44-51-58-71(4)5/h70-75,80H,8-69H2,1-7H3,(H,85,86)(H,87,88)/t73-,74-,75-/m1/s1. The summed E-state index contributed by atoms with van der Waals surface area (Å²) in [5.74, 6) is 0.167. The van der Waals surface area contributed by atoms with Crippen LogP contribution in [0.15, 0.2) is 0 Å². The Kier molecular flexibility index (Phi) is 68.1. The average molecular weight is 1440 g/mol. The molecular weight excluding hydrogens is 1280 g/mol. The highest BCUT2D eigenvalue weighted by Crippen LogP contribution is 2.45. The molecule has 0 radical (unpaired) electrons. The summed E-state index contributed by atoms with van der Waals surface area (Å²) in [5.41, 5.74) is 0. The second-order valence-electron chi connectivity index (χ2n) is 29.9. The van der Waals surface area contributed by atoms with Gasteiger partial charge in [-0.1, -0.05) is 357 Å². The van der Waals surface area contributed by atoms with Crippen molar-refractivity contribution in [1.29, 1.82) is 0 Å². The van der Waals surface area contributed by atoms with Gasteiger partial charge >= 0.3 is 39.5 Å². The van der Waals surface area contributed by atoms with Crippen molar-refractivity contribution in [3.8, 4) is 0 Å². The van der Waals surface area contributed by atoms with Crippen LogP contribution in [0.2, 0.25) is 0 Å². The molecule has 5 atom stereocenters. The van der Waals surface area contributed by atoms with Crippen LogP contribution in [0.4, 0.5) is 0 Å². The van der Waals surface area contributed by atoms with E-state index in [4.69, 9.17) is 37.0 Å². The van der Waals surface area contributed by atoms with E-state index in [0.717, 1.165) is 108 Å². The maximum Gasteiger partial charge on any atom is 0.472 e. The van der Waals surface area contributed by atoms with Crippen LogP contribution in [0, 0.1) is 17.8 Å². The summed E-state index contributed by atoms with van der Waals surface area (Å²) in [6.45, 7) is 11.9. The van der Waals surface area contributed by atoms with Crippen molar-refractivity contribution in [2.24, 2.45) is 17.8 Å². The van der Waals surface area contributed by atoms with Gasteiger partial charge in [0.1, 0.15) is 19.3 Å². The number of hydrogen-bond donors (Lipinski definition) is 3. The van der Waals surface area contributed by atoms with E-state index in [2.05, 4.69) is 48.5 Å². The first kappa shape index (κ1) is 96.1. The number of ether oxygens (including phenoxy) is 4. The molecule has 0 aromatic heterocycles. The number of rotatable bonds is 77. The Morgan fingerprint density at radius 3 is 0.694 bits per heavy atom. The van der Waals surface area contributed by atoms with Crippen LogP contribution >= 0.6 is 15.6 Å². The first-order chi connectivity index (χ1) is 47.2. The number of aliphatic hydroxyl groups is 1. The summed E-state index contributed by atoms with van der Waals surface area (Å²) in [6, 6.07) is 0. The summed E-state index contributed by atoms with van der Waals surface area (Å²) < 4.78 is 68.7. The van der Waals surface area contributed by atoms with E-state index in [1.807, 2.05) is 0 Å². The molecule has 0 spiro atoms. The van der Waals surface area contributed by atoms with Crippen molar-refractivity contribution in [1.82, 2.24) is 0 Å². The van der Waals surface area contributed by atoms with Crippen LogP contribution in [0.25, 0.3) is 0 Å². The molecule has 17 nitrogen and oxygen atoms in total. The number of unbranched alkanes of at least 4 members (excludes halogenated alkanes) is 45. The highest BCUT2D eigenvalue weighted by molar-refractivity contribution is 7.47. The normalized spacial score (nSPS) is 14.0. The predicted octanol–water partition coefficient (Wildman–Crippen LogP) is 23.4. The van der Waals surface area contributed by atoms with E-state index in [1.165, 1.54) is 218 Å². The van der Waals surface area contributed by atoms with Gasteiger partial charge in [-0.05, 0) is 43.4 Å². The molecule has 0 bridgehead atoms. The first-order valence-electron chi connectivity index (χ1n) is 40.8. The van der Waals surface area contributed by atoms with Gasteiger partial charge in [0.25, 0.3) is 0 Å². The number of carbonyl (C=O) groups excluding carboxylic acids is 4. The maximum atomic E-state index is 13.1. The quantitative estimate of drug-likeness (QED) is 0.0222. The summed E-state index contributed by atoms with van der Waals surface area (Å²) in [5, 5.41) is 10.6. The Balaban J connectivity index is 5.26. The molecule has 0 heterocycles. The number of carbonyl (C=O) groups is 4. The molecule has 0 aromatic carbocycles.